The summed E-state index contributed by atoms with van der Waals surface area (Å²) in [4.78, 5) is 18.8. The summed E-state index contributed by atoms with van der Waals surface area (Å²) in [5.74, 6) is 1.78. The molecule has 0 unspecified atom stereocenters. The molecule has 0 saturated heterocycles. The fraction of sp³-hybridized carbons (Fsp3) is 0.267. The van der Waals surface area contributed by atoms with Gasteiger partial charge in [0.05, 0.1) is 13.2 Å². The third-order valence-corrected chi connectivity index (χ3v) is 6.30. The molecule has 1 N–H and O–H groups in total. The maximum Gasteiger partial charge on any atom is 0.270 e. The highest BCUT2D eigenvalue weighted by Gasteiger charge is 2.25. The van der Waals surface area contributed by atoms with Crippen LogP contribution >= 0.6 is 0 Å². The van der Waals surface area contributed by atoms with Crippen molar-refractivity contribution in [3.63, 3.8) is 0 Å². The highest BCUT2D eigenvalue weighted by molar-refractivity contribution is 5.99. The van der Waals surface area contributed by atoms with Crippen molar-refractivity contribution in [2.24, 2.45) is 0 Å². The van der Waals surface area contributed by atoms with Crippen molar-refractivity contribution in [1.82, 2.24) is 14.9 Å². The Morgan fingerprint density at radius 3 is 2.29 bits per heavy atom. The van der Waals surface area contributed by atoms with Gasteiger partial charge in [-0.1, -0.05) is 74.5 Å². The molecule has 0 aliphatic rings. The van der Waals surface area contributed by atoms with E-state index in [1.54, 1.807) is 7.11 Å². The summed E-state index contributed by atoms with van der Waals surface area (Å²) in [7, 11) is 1.64. The molecule has 0 aliphatic heterocycles. The number of rotatable bonds is 8. The Bertz CT molecular complexity index is 1310. The second-order valence-electron chi connectivity index (χ2n) is 8.99. The van der Waals surface area contributed by atoms with E-state index >= 15 is 0 Å². The van der Waals surface area contributed by atoms with E-state index in [-0.39, 0.29) is 11.9 Å². The van der Waals surface area contributed by atoms with Crippen molar-refractivity contribution in [2.75, 3.05) is 7.11 Å². The summed E-state index contributed by atoms with van der Waals surface area (Å²) in [5.41, 5.74) is 5.39. The number of benzene rings is 3. The van der Waals surface area contributed by atoms with Gasteiger partial charge in [-0.15, -0.1) is 0 Å². The van der Waals surface area contributed by atoms with Gasteiger partial charge in [0.1, 0.15) is 23.0 Å². The number of nitrogens with one attached hydrogen (secondary N) is 1. The Kier molecular flexibility index (Phi) is 7.35. The fourth-order valence-corrected chi connectivity index (χ4v) is 4.30. The zero-order valence-electron chi connectivity index (χ0n) is 21.1. The molecule has 4 aromatic rings. The first-order valence-electron chi connectivity index (χ1n) is 12.1. The van der Waals surface area contributed by atoms with Gasteiger partial charge in [0.25, 0.3) is 5.91 Å². The number of carbonyl (C=O) groups excluding carboxylic acids is 1. The fourth-order valence-electron chi connectivity index (χ4n) is 4.30. The molecule has 1 aromatic heterocycles. The Labute approximate surface area is 207 Å². The summed E-state index contributed by atoms with van der Waals surface area (Å²) in [6, 6.07) is 25.9. The zero-order chi connectivity index (χ0) is 24.9. The SMILES string of the molecule is CCn1c(-c2ccccc2)nc(-c2cccc(C(C)C)c2)c1C(=O)N[C@H](C)c1cccc(OC)c1. The molecule has 5 nitrogen and oxygen atoms in total. The van der Waals surface area contributed by atoms with E-state index in [4.69, 9.17) is 9.72 Å². The molecule has 0 saturated carbocycles. The van der Waals surface area contributed by atoms with Crippen LogP contribution in [0.5, 0.6) is 5.75 Å². The monoisotopic (exact) mass is 467 g/mol. The first-order valence-corrected chi connectivity index (χ1v) is 12.1. The first-order chi connectivity index (χ1) is 16.9. The lowest BCUT2D eigenvalue weighted by Crippen LogP contribution is -2.29. The lowest BCUT2D eigenvalue weighted by atomic mass is 9.99. The Balaban J connectivity index is 1.81. The predicted molar refractivity (Wildman–Crippen MR) is 142 cm³/mol. The van der Waals surface area contributed by atoms with E-state index in [9.17, 15) is 4.79 Å². The predicted octanol–water partition coefficient (Wildman–Crippen LogP) is 6.86. The van der Waals surface area contributed by atoms with Crippen molar-refractivity contribution < 1.29 is 9.53 Å². The normalized spacial score (nSPS) is 11.9. The van der Waals surface area contributed by atoms with Gasteiger partial charge in [0, 0.05) is 17.7 Å². The number of methoxy groups -OCH3 is 1. The van der Waals surface area contributed by atoms with E-state index in [0.29, 0.717) is 23.9 Å². The van der Waals surface area contributed by atoms with Crippen molar-refractivity contribution in [1.29, 1.82) is 0 Å². The minimum absolute atomic E-state index is 0.151. The summed E-state index contributed by atoms with van der Waals surface area (Å²) in [5, 5.41) is 3.20. The summed E-state index contributed by atoms with van der Waals surface area (Å²) in [6.07, 6.45) is 0. The quantitative estimate of drug-likeness (QED) is 0.308. The van der Waals surface area contributed by atoms with E-state index in [2.05, 4.69) is 31.3 Å². The summed E-state index contributed by atoms with van der Waals surface area (Å²) >= 11 is 0. The molecule has 1 atom stereocenters. The van der Waals surface area contributed by atoms with Crippen LogP contribution in [0.3, 0.4) is 0 Å². The number of imidazole rings is 1. The van der Waals surface area contributed by atoms with Crippen LogP contribution in [0, 0.1) is 0 Å². The maximum absolute atomic E-state index is 13.8. The highest BCUT2D eigenvalue weighted by atomic mass is 16.5. The molecule has 0 fully saturated rings. The summed E-state index contributed by atoms with van der Waals surface area (Å²) < 4.78 is 7.38. The molecule has 0 radical (unpaired) electrons. The Hall–Kier alpha value is -3.86. The molecule has 0 aliphatic carbocycles. The molecule has 1 amide bonds. The lowest BCUT2D eigenvalue weighted by molar-refractivity contribution is 0.0931. The molecule has 180 valence electrons. The second-order valence-corrected chi connectivity index (χ2v) is 8.99. The van der Waals surface area contributed by atoms with Crippen LogP contribution in [0.25, 0.3) is 22.6 Å². The van der Waals surface area contributed by atoms with Gasteiger partial charge in [0.2, 0.25) is 0 Å². The van der Waals surface area contributed by atoms with Crippen molar-refractivity contribution >= 4 is 5.91 Å². The number of carbonyl (C=O) groups is 1. The number of amides is 1. The van der Waals surface area contributed by atoms with Crippen LogP contribution in [0.4, 0.5) is 0 Å². The molecule has 1 heterocycles. The van der Waals surface area contributed by atoms with Crippen molar-refractivity contribution in [3.05, 3.63) is 95.7 Å². The standard InChI is InChI=1S/C30H33N3O2/c1-6-33-28(30(34)31-21(4)24-15-11-17-26(19-24)35-5)27(25-16-10-14-23(18-25)20(2)3)32-29(33)22-12-8-7-9-13-22/h7-21H,6H2,1-5H3,(H,31,34)/t21-/m1/s1. The minimum Gasteiger partial charge on any atom is -0.497 e. The molecule has 5 heteroatoms. The van der Waals surface area contributed by atoms with Crippen LogP contribution in [-0.2, 0) is 6.54 Å². The number of ether oxygens (including phenoxy) is 1. The number of nitrogens with zero attached hydrogens (tertiary/aromatic N) is 2. The summed E-state index contributed by atoms with van der Waals surface area (Å²) in [6.45, 7) is 8.99. The maximum atomic E-state index is 13.8. The number of aromatic nitrogens is 2. The van der Waals surface area contributed by atoms with Crippen LogP contribution < -0.4 is 10.1 Å². The smallest absolute Gasteiger partial charge is 0.270 e. The number of hydrogen-bond acceptors (Lipinski definition) is 3. The van der Waals surface area contributed by atoms with Crippen molar-refractivity contribution in [2.45, 2.75) is 46.2 Å². The number of hydrogen-bond donors (Lipinski definition) is 1. The molecular formula is C30H33N3O2. The van der Waals surface area contributed by atoms with Crippen LogP contribution in [0.1, 0.15) is 61.3 Å². The van der Waals surface area contributed by atoms with Gasteiger partial charge in [-0.05, 0) is 49.1 Å². The average molecular weight is 468 g/mol. The van der Waals surface area contributed by atoms with Gasteiger partial charge in [0.15, 0.2) is 0 Å². The molecule has 0 spiro atoms. The molecule has 4 rings (SSSR count). The molecular weight excluding hydrogens is 434 g/mol. The molecule has 0 bridgehead atoms. The third-order valence-electron chi connectivity index (χ3n) is 6.30. The van der Waals surface area contributed by atoms with E-state index < -0.39 is 0 Å². The first kappa shape index (κ1) is 24.3. The van der Waals surface area contributed by atoms with Crippen molar-refractivity contribution in [3.8, 4) is 28.4 Å². The van der Waals surface area contributed by atoms with E-state index in [1.165, 1.54) is 5.56 Å². The minimum atomic E-state index is -0.201. The zero-order valence-corrected chi connectivity index (χ0v) is 21.1. The Morgan fingerprint density at radius 1 is 0.914 bits per heavy atom. The largest absolute Gasteiger partial charge is 0.497 e. The van der Waals surface area contributed by atoms with Gasteiger partial charge in [-0.25, -0.2) is 4.98 Å². The average Bonchev–Trinajstić information content (AvgIpc) is 3.29. The second kappa shape index (κ2) is 10.6. The Morgan fingerprint density at radius 2 is 1.60 bits per heavy atom. The molecule has 35 heavy (non-hydrogen) atoms. The molecule has 3 aromatic carbocycles. The lowest BCUT2D eigenvalue weighted by Gasteiger charge is -2.17. The topological polar surface area (TPSA) is 56.2 Å². The van der Waals surface area contributed by atoms with Gasteiger partial charge >= 0.3 is 0 Å². The van der Waals surface area contributed by atoms with E-state index in [0.717, 1.165) is 28.3 Å². The van der Waals surface area contributed by atoms with Gasteiger partial charge < -0.3 is 14.6 Å². The van der Waals surface area contributed by atoms with Crippen LogP contribution in [0.15, 0.2) is 78.9 Å². The highest BCUT2D eigenvalue weighted by Crippen LogP contribution is 2.32. The van der Waals surface area contributed by atoms with E-state index in [1.807, 2.05) is 85.1 Å². The van der Waals surface area contributed by atoms with Gasteiger partial charge in [-0.2, -0.15) is 0 Å². The third kappa shape index (κ3) is 5.14. The van der Waals surface area contributed by atoms with Crippen LogP contribution in [-0.4, -0.2) is 22.6 Å². The van der Waals surface area contributed by atoms with Crippen LogP contribution in [0.2, 0.25) is 0 Å². The van der Waals surface area contributed by atoms with Gasteiger partial charge in [-0.3, -0.25) is 4.79 Å².